The summed E-state index contributed by atoms with van der Waals surface area (Å²) >= 11 is 0. The van der Waals surface area contributed by atoms with E-state index in [1.54, 1.807) is 32.2 Å². The third-order valence-corrected chi connectivity index (χ3v) is 13.7. The van der Waals surface area contributed by atoms with Gasteiger partial charge in [0.05, 0.1) is 17.8 Å². The lowest BCUT2D eigenvalue weighted by molar-refractivity contribution is -0.145. The van der Waals surface area contributed by atoms with E-state index in [1.807, 2.05) is 25.3 Å². The third kappa shape index (κ3) is 19.2. The Morgan fingerprint density at radius 2 is 1.59 bits per heavy atom. The highest BCUT2D eigenvalue weighted by Gasteiger charge is 2.40. The number of nitrogens with two attached hydrogens (primary N) is 1. The van der Waals surface area contributed by atoms with E-state index in [0.717, 1.165) is 35.9 Å². The first-order valence-corrected chi connectivity index (χ1v) is 27.1. The van der Waals surface area contributed by atoms with Gasteiger partial charge in [-0.3, -0.25) is 33.7 Å². The molecule has 5 rings (SSSR count). The summed E-state index contributed by atoms with van der Waals surface area (Å²) in [6, 6.07) is 4.33. The number of imidazole rings is 1. The quantitative estimate of drug-likeness (QED) is 0.0326. The first kappa shape index (κ1) is 63.5. The molecule has 0 spiro atoms. The summed E-state index contributed by atoms with van der Waals surface area (Å²) in [5.74, 6) is -4.33. The van der Waals surface area contributed by atoms with Crippen LogP contribution in [0.2, 0.25) is 0 Å². The molecular formula is C56H77F3N10O11. The number of amides is 9. The summed E-state index contributed by atoms with van der Waals surface area (Å²) < 4.78 is 57.3. The Morgan fingerprint density at radius 3 is 2.21 bits per heavy atom. The van der Waals surface area contributed by atoms with Crippen molar-refractivity contribution in [1.29, 1.82) is 0 Å². The van der Waals surface area contributed by atoms with Gasteiger partial charge in [0, 0.05) is 75.4 Å². The maximum atomic E-state index is 15.2. The standard InChI is InChI=1S/C56H77F3N10O11/c1-34(2)48(66-45(71)12-8-7-9-25-68-46(72)19-20-47(68)73)52(75)65-43(11-10-24-61-54(60)77)51(74)62-39-16-13-37(14-17-39)33-80-55(78)63-40(30-57)21-26-69(53(76)35(3)70)49(56(4,5)6)50-64-44(41-29-38(58)15-18-42(41)59)32-67(50)31-36-22-27-79-28-23-36/h13-20,29,32,34-36,40,43,48-49,70H,7-12,21-28,30-31,33H2,1-6H3,(H,62,74)(H,63,78)(H,65,75)(H,66,71)(H3,60,61,77). The second kappa shape index (κ2) is 30.3. The average molecular weight is 1120 g/mol. The molecule has 2 aliphatic heterocycles. The summed E-state index contributed by atoms with van der Waals surface area (Å²) in [6.45, 7) is 10.7. The van der Waals surface area contributed by atoms with Gasteiger partial charge in [-0.25, -0.2) is 27.7 Å². The van der Waals surface area contributed by atoms with Crippen molar-refractivity contribution in [3.63, 3.8) is 0 Å². The number of carbonyl (C=O) groups is 8. The predicted octanol–water partition coefficient (Wildman–Crippen LogP) is 5.70. The molecule has 1 fully saturated rings. The van der Waals surface area contributed by atoms with Crippen LogP contribution in [0.25, 0.3) is 11.3 Å². The Kier molecular flexibility index (Phi) is 24.0. The number of imide groups is 1. The fourth-order valence-electron chi connectivity index (χ4n) is 9.39. The van der Waals surface area contributed by atoms with Gasteiger partial charge in [-0.1, -0.05) is 53.2 Å². The maximum Gasteiger partial charge on any atom is 0.407 e. The van der Waals surface area contributed by atoms with E-state index in [0.29, 0.717) is 56.1 Å². The van der Waals surface area contributed by atoms with Gasteiger partial charge in [0.2, 0.25) is 17.7 Å². The summed E-state index contributed by atoms with van der Waals surface area (Å²) in [5.41, 5.74) is 5.28. The molecule has 438 valence electrons. The van der Waals surface area contributed by atoms with Crippen molar-refractivity contribution in [1.82, 2.24) is 40.6 Å². The fraction of sp³-hybridized carbons (Fsp3) is 0.554. The van der Waals surface area contributed by atoms with Gasteiger partial charge in [0.25, 0.3) is 17.7 Å². The Bertz CT molecular complexity index is 2640. The van der Waals surface area contributed by atoms with Crippen molar-refractivity contribution in [2.24, 2.45) is 23.0 Å². The van der Waals surface area contributed by atoms with Crippen LogP contribution in [0.5, 0.6) is 0 Å². The van der Waals surface area contributed by atoms with Crippen LogP contribution in [0, 0.1) is 28.9 Å². The zero-order valence-electron chi connectivity index (χ0n) is 46.4. The predicted molar refractivity (Wildman–Crippen MR) is 289 cm³/mol. The van der Waals surface area contributed by atoms with Crippen molar-refractivity contribution < 1.29 is 66.1 Å². The number of nitrogens with one attached hydrogen (secondary N) is 5. The van der Waals surface area contributed by atoms with Gasteiger partial charge in [-0.05, 0) is 105 Å². The zero-order valence-corrected chi connectivity index (χ0v) is 46.4. The van der Waals surface area contributed by atoms with Gasteiger partial charge in [-0.2, -0.15) is 0 Å². The molecule has 5 unspecified atom stereocenters. The molecule has 0 aliphatic carbocycles. The van der Waals surface area contributed by atoms with Crippen LogP contribution >= 0.6 is 0 Å². The van der Waals surface area contributed by atoms with E-state index in [9.17, 15) is 52.2 Å². The third-order valence-electron chi connectivity index (χ3n) is 13.7. The smallest absolute Gasteiger partial charge is 0.407 e. The molecule has 80 heavy (non-hydrogen) atoms. The number of aliphatic hydroxyl groups is 1. The van der Waals surface area contributed by atoms with Crippen molar-refractivity contribution >= 4 is 53.3 Å². The van der Waals surface area contributed by atoms with E-state index in [4.69, 9.17) is 20.2 Å². The lowest BCUT2D eigenvalue weighted by Crippen LogP contribution is -2.54. The number of ether oxygens (including phenoxy) is 2. The molecule has 24 heteroatoms. The van der Waals surface area contributed by atoms with Crippen LogP contribution in [0.4, 0.5) is 28.4 Å². The van der Waals surface area contributed by atoms with E-state index in [1.165, 1.54) is 36.1 Å². The van der Waals surface area contributed by atoms with Crippen LogP contribution < -0.4 is 32.3 Å². The minimum Gasteiger partial charge on any atom is -0.445 e. The monoisotopic (exact) mass is 1120 g/mol. The van der Waals surface area contributed by atoms with Crippen LogP contribution in [-0.4, -0.2) is 136 Å². The number of halogens is 3. The van der Waals surface area contributed by atoms with Gasteiger partial charge >= 0.3 is 12.1 Å². The van der Waals surface area contributed by atoms with E-state index in [2.05, 4.69) is 26.6 Å². The van der Waals surface area contributed by atoms with Crippen LogP contribution in [-0.2, 0) is 51.4 Å². The molecule has 9 amide bonds. The molecule has 0 radical (unpaired) electrons. The second-order valence-corrected chi connectivity index (χ2v) is 21.6. The molecule has 0 bridgehead atoms. The number of urea groups is 1. The first-order valence-electron chi connectivity index (χ1n) is 27.1. The number of benzene rings is 2. The average Bonchev–Trinajstić information content (AvgIpc) is 4.03. The molecule has 1 saturated heterocycles. The summed E-state index contributed by atoms with van der Waals surface area (Å²) in [6.07, 6.45) is 4.81. The summed E-state index contributed by atoms with van der Waals surface area (Å²) in [7, 11) is 0. The number of rotatable bonds is 29. The highest BCUT2D eigenvalue weighted by atomic mass is 19.1. The fourth-order valence-corrected chi connectivity index (χ4v) is 9.39. The van der Waals surface area contributed by atoms with E-state index >= 15 is 4.39 Å². The van der Waals surface area contributed by atoms with Gasteiger partial charge < -0.3 is 56.4 Å². The number of nitrogens with zero attached hydrogens (tertiary/aromatic N) is 4. The highest BCUT2D eigenvalue weighted by Crippen LogP contribution is 2.40. The van der Waals surface area contributed by atoms with Crippen LogP contribution in [0.15, 0.2) is 60.8 Å². The van der Waals surface area contributed by atoms with Gasteiger partial charge in [0.15, 0.2) is 0 Å². The number of hydrogen-bond donors (Lipinski definition) is 7. The second-order valence-electron chi connectivity index (χ2n) is 21.6. The molecule has 2 aromatic carbocycles. The minimum atomic E-state index is -1.49. The van der Waals surface area contributed by atoms with Gasteiger partial charge in [-0.15, -0.1) is 0 Å². The Labute approximate surface area is 464 Å². The molecule has 5 atom stereocenters. The zero-order chi connectivity index (χ0) is 58.7. The normalized spacial score (nSPS) is 15.7. The summed E-state index contributed by atoms with van der Waals surface area (Å²) in [4.78, 5) is 110. The van der Waals surface area contributed by atoms with Crippen molar-refractivity contribution in [2.45, 2.75) is 143 Å². The molecule has 21 nitrogen and oxygen atoms in total. The molecule has 3 aromatic rings. The molecule has 0 saturated carbocycles. The van der Waals surface area contributed by atoms with E-state index in [-0.39, 0.29) is 86.8 Å². The van der Waals surface area contributed by atoms with Crippen molar-refractivity contribution in [2.75, 3.05) is 44.8 Å². The van der Waals surface area contributed by atoms with Crippen LogP contribution in [0.1, 0.15) is 117 Å². The number of hydrogen-bond acceptors (Lipinski definition) is 12. The first-order chi connectivity index (χ1) is 37.9. The van der Waals surface area contributed by atoms with Crippen molar-refractivity contribution in [3.05, 3.63) is 83.8 Å². The highest BCUT2D eigenvalue weighted by molar-refractivity contribution is 6.12. The topological polar surface area (TPSA) is 286 Å². The Balaban J connectivity index is 1.19. The summed E-state index contributed by atoms with van der Waals surface area (Å²) in [5, 5.41) is 23.9. The van der Waals surface area contributed by atoms with E-state index < -0.39 is 89.7 Å². The molecule has 3 heterocycles. The van der Waals surface area contributed by atoms with Crippen molar-refractivity contribution in [3.8, 4) is 11.3 Å². The number of aliphatic hydroxyl groups excluding tert-OH is 1. The number of aromatic nitrogens is 2. The van der Waals surface area contributed by atoms with Crippen LogP contribution in [0.3, 0.4) is 0 Å². The van der Waals surface area contributed by atoms with Gasteiger partial charge in [0.1, 0.15) is 48.9 Å². The number of carbonyl (C=O) groups excluding carboxylic acids is 8. The number of anilines is 1. The number of unbranched alkanes of at least 4 members (excludes halogenated alkanes) is 2. The lowest BCUT2D eigenvalue weighted by atomic mass is 9.84. The largest absolute Gasteiger partial charge is 0.445 e. The maximum absolute atomic E-state index is 15.2. The molecule has 2 aliphatic rings. The SMILES string of the molecule is CC(O)C(=O)N(CCC(CF)NC(=O)OCc1ccc(NC(=O)C(CCCNC(N)=O)NC(=O)C(NC(=O)CCCCCN2C(=O)C=CC2=O)C(C)C)cc1)C(c1nc(-c2cc(F)ccc2F)cn1CC1CCOCC1)C(C)(C)C. The number of primary amides is 1. The minimum absolute atomic E-state index is 0.0740. The lowest BCUT2D eigenvalue weighted by Gasteiger charge is -2.41. The number of alkyl carbamates (subject to hydrolysis) is 1. The molecule has 1 aromatic heterocycles. The Morgan fingerprint density at radius 1 is 0.900 bits per heavy atom. The number of alkyl halides is 1. The Hall–Kier alpha value is -7.34. The molecule has 8 N–H and O–H groups in total. The molecular weight excluding hydrogens is 1050 g/mol.